The second kappa shape index (κ2) is 8.22. The number of aromatic nitrogens is 1. The van der Waals surface area contributed by atoms with Crippen molar-refractivity contribution in [3.8, 4) is 22.8 Å². The van der Waals surface area contributed by atoms with Gasteiger partial charge in [0.25, 0.3) is 5.91 Å². The van der Waals surface area contributed by atoms with E-state index in [1.165, 1.54) is 22.7 Å². The maximum Gasteiger partial charge on any atom is 0.267 e. The molecule has 150 valence electrons. The van der Waals surface area contributed by atoms with Gasteiger partial charge in [0.1, 0.15) is 11.5 Å². The monoisotopic (exact) mass is 429 g/mol. The van der Waals surface area contributed by atoms with Gasteiger partial charge in [-0.25, -0.2) is 4.98 Å². The topological polar surface area (TPSA) is 89.6 Å². The molecule has 2 amide bonds. The number of carbonyl (C=O) groups excluding carboxylic acids is 2. The summed E-state index contributed by atoms with van der Waals surface area (Å²) in [5.41, 5.74) is 1.51. The van der Waals surface area contributed by atoms with Gasteiger partial charge in [-0.2, -0.15) is 0 Å². The molecule has 1 aliphatic carbocycles. The van der Waals surface area contributed by atoms with E-state index in [4.69, 9.17) is 9.47 Å². The summed E-state index contributed by atoms with van der Waals surface area (Å²) in [6.45, 7) is 0. The fourth-order valence-electron chi connectivity index (χ4n) is 2.72. The molecule has 0 radical (unpaired) electrons. The first-order valence-electron chi connectivity index (χ1n) is 8.97. The molecule has 3 aromatic rings. The molecule has 7 nitrogen and oxygen atoms in total. The molecule has 2 aromatic heterocycles. The fraction of sp³-hybridized carbons (Fsp3) is 0.250. The lowest BCUT2D eigenvalue weighted by atomic mass is 10.1. The van der Waals surface area contributed by atoms with Gasteiger partial charge in [0, 0.05) is 22.9 Å². The largest absolute Gasteiger partial charge is 0.497 e. The average molecular weight is 430 g/mol. The Morgan fingerprint density at radius 2 is 1.93 bits per heavy atom. The van der Waals surface area contributed by atoms with Gasteiger partial charge < -0.3 is 14.8 Å². The zero-order chi connectivity index (χ0) is 20.4. The molecule has 0 unspecified atom stereocenters. The summed E-state index contributed by atoms with van der Waals surface area (Å²) in [5, 5.41) is 8.68. The fourth-order valence-corrected chi connectivity index (χ4v) is 4.23. The van der Waals surface area contributed by atoms with E-state index in [1.54, 1.807) is 32.4 Å². The lowest BCUT2D eigenvalue weighted by Gasteiger charge is -2.08. The summed E-state index contributed by atoms with van der Waals surface area (Å²) in [7, 11) is 3.18. The van der Waals surface area contributed by atoms with Crippen molar-refractivity contribution in [2.24, 2.45) is 5.92 Å². The average Bonchev–Trinajstić information content (AvgIpc) is 3.32. The minimum absolute atomic E-state index is 0.0248. The number of thiazole rings is 1. The Kier molecular flexibility index (Phi) is 5.50. The van der Waals surface area contributed by atoms with Crippen molar-refractivity contribution in [1.29, 1.82) is 0 Å². The second-order valence-corrected chi connectivity index (χ2v) is 8.43. The molecule has 1 fully saturated rings. The summed E-state index contributed by atoms with van der Waals surface area (Å²) in [6, 6.07) is 8.93. The van der Waals surface area contributed by atoms with Crippen LogP contribution in [0.2, 0.25) is 0 Å². The number of carbonyl (C=O) groups is 2. The lowest BCUT2D eigenvalue weighted by Crippen LogP contribution is -2.12. The Balaban J connectivity index is 1.44. The molecule has 1 aromatic carbocycles. The molecule has 0 bridgehead atoms. The number of rotatable bonds is 7. The van der Waals surface area contributed by atoms with E-state index in [1.807, 2.05) is 17.5 Å². The number of nitrogens with zero attached hydrogens (tertiary/aromatic N) is 1. The summed E-state index contributed by atoms with van der Waals surface area (Å²) in [4.78, 5) is 29.4. The maximum absolute atomic E-state index is 12.5. The molecule has 2 N–H and O–H groups in total. The van der Waals surface area contributed by atoms with Crippen molar-refractivity contribution in [3.63, 3.8) is 0 Å². The quantitative estimate of drug-likeness (QED) is 0.578. The van der Waals surface area contributed by atoms with Crippen LogP contribution in [0, 0.1) is 5.92 Å². The number of methoxy groups -OCH3 is 2. The molecule has 1 saturated carbocycles. The number of hydrogen-bond donors (Lipinski definition) is 2. The van der Waals surface area contributed by atoms with E-state index in [2.05, 4.69) is 15.6 Å². The van der Waals surface area contributed by atoms with Gasteiger partial charge in [-0.05, 0) is 37.1 Å². The minimum atomic E-state index is -0.260. The van der Waals surface area contributed by atoms with Crippen molar-refractivity contribution >= 4 is 44.6 Å². The highest BCUT2D eigenvalue weighted by molar-refractivity contribution is 7.18. The van der Waals surface area contributed by atoms with Crippen LogP contribution >= 0.6 is 22.7 Å². The third-order valence-corrected chi connectivity index (χ3v) is 6.19. The van der Waals surface area contributed by atoms with Crippen LogP contribution in [0.5, 0.6) is 11.5 Å². The number of thiophene rings is 1. The van der Waals surface area contributed by atoms with Crippen LogP contribution in [0.1, 0.15) is 22.5 Å². The molecule has 4 rings (SSSR count). The molecular weight excluding hydrogens is 410 g/mol. The molecule has 0 saturated heterocycles. The molecule has 0 aliphatic heterocycles. The van der Waals surface area contributed by atoms with Gasteiger partial charge in [0.15, 0.2) is 5.13 Å². The highest BCUT2D eigenvalue weighted by atomic mass is 32.1. The Morgan fingerprint density at radius 1 is 1.10 bits per heavy atom. The van der Waals surface area contributed by atoms with Gasteiger partial charge in [-0.15, -0.1) is 22.7 Å². The zero-order valence-electron chi connectivity index (χ0n) is 15.9. The highest BCUT2D eigenvalue weighted by Gasteiger charge is 2.30. The standard InChI is InChI=1S/C20H19N3O4S2/c1-26-12-5-6-13(15(9-12)27-2)14-10-28-20(21-14)23-19(25)16-7-8-17(29-16)22-18(24)11-3-4-11/h5-11H,3-4H2,1-2H3,(H,22,24)(H,21,23,25). The Hall–Kier alpha value is -2.91. The van der Waals surface area contributed by atoms with Gasteiger partial charge in [0.05, 0.1) is 29.8 Å². The van der Waals surface area contributed by atoms with Crippen LogP contribution in [0.4, 0.5) is 10.1 Å². The highest BCUT2D eigenvalue weighted by Crippen LogP contribution is 2.35. The van der Waals surface area contributed by atoms with E-state index in [0.29, 0.717) is 32.2 Å². The maximum atomic E-state index is 12.5. The summed E-state index contributed by atoms with van der Waals surface area (Å²) in [5.74, 6) is 1.22. The van der Waals surface area contributed by atoms with Crippen LogP contribution in [0.25, 0.3) is 11.3 Å². The van der Waals surface area contributed by atoms with Crippen molar-refractivity contribution < 1.29 is 19.1 Å². The molecule has 2 heterocycles. The molecule has 0 spiro atoms. The van der Waals surface area contributed by atoms with Crippen LogP contribution < -0.4 is 20.1 Å². The van der Waals surface area contributed by atoms with Crippen molar-refractivity contribution in [2.75, 3.05) is 24.9 Å². The number of benzene rings is 1. The molecule has 29 heavy (non-hydrogen) atoms. The van der Waals surface area contributed by atoms with Crippen LogP contribution in [0.3, 0.4) is 0 Å². The van der Waals surface area contributed by atoms with E-state index in [9.17, 15) is 9.59 Å². The lowest BCUT2D eigenvalue weighted by molar-refractivity contribution is -0.117. The number of ether oxygens (including phenoxy) is 2. The van der Waals surface area contributed by atoms with Crippen molar-refractivity contribution in [3.05, 3.63) is 40.6 Å². The SMILES string of the molecule is COc1ccc(-c2csc(NC(=O)c3ccc(NC(=O)C4CC4)s3)n2)c(OC)c1. The molecule has 1 aliphatic rings. The number of amides is 2. The number of nitrogens with one attached hydrogen (secondary N) is 2. The molecule has 9 heteroatoms. The van der Waals surface area contributed by atoms with Gasteiger partial charge in [0.2, 0.25) is 5.91 Å². The van der Waals surface area contributed by atoms with Crippen molar-refractivity contribution in [2.45, 2.75) is 12.8 Å². The third-order valence-electron chi connectivity index (χ3n) is 4.43. The number of anilines is 2. The second-order valence-electron chi connectivity index (χ2n) is 6.49. The Bertz CT molecular complexity index is 1060. The normalized spacial score (nSPS) is 13.0. The number of hydrogen-bond acceptors (Lipinski definition) is 7. The molecule has 0 atom stereocenters. The summed E-state index contributed by atoms with van der Waals surface area (Å²) in [6.07, 6.45) is 1.88. The first-order chi connectivity index (χ1) is 14.1. The molecular formula is C20H19N3O4S2. The van der Waals surface area contributed by atoms with Crippen LogP contribution in [-0.4, -0.2) is 31.0 Å². The van der Waals surface area contributed by atoms with Gasteiger partial charge in [-0.1, -0.05) is 0 Å². The first-order valence-corrected chi connectivity index (χ1v) is 10.7. The summed E-state index contributed by atoms with van der Waals surface area (Å²) < 4.78 is 10.6. The Morgan fingerprint density at radius 3 is 2.66 bits per heavy atom. The van der Waals surface area contributed by atoms with E-state index >= 15 is 0 Å². The Labute approximate surface area is 175 Å². The third kappa shape index (κ3) is 4.41. The zero-order valence-corrected chi connectivity index (χ0v) is 17.5. The van der Waals surface area contributed by atoms with Gasteiger partial charge >= 0.3 is 0 Å². The first kappa shape index (κ1) is 19.4. The smallest absolute Gasteiger partial charge is 0.267 e. The predicted octanol–water partition coefficient (Wildman–Crippen LogP) is 4.49. The van der Waals surface area contributed by atoms with Gasteiger partial charge in [-0.3, -0.25) is 14.9 Å². The van der Waals surface area contributed by atoms with Crippen LogP contribution in [-0.2, 0) is 4.79 Å². The van der Waals surface area contributed by atoms with E-state index < -0.39 is 0 Å². The van der Waals surface area contributed by atoms with Crippen LogP contribution in [0.15, 0.2) is 35.7 Å². The van der Waals surface area contributed by atoms with Crippen molar-refractivity contribution in [1.82, 2.24) is 4.98 Å². The van der Waals surface area contributed by atoms with E-state index in [0.717, 1.165) is 18.4 Å². The minimum Gasteiger partial charge on any atom is -0.497 e. The summed E-state index contributed by atoms with van der Waals surface area (Å²) >= 11 is 2.58. The van der Waals surface area contributed by atoms with E-state index in [-0.39, 0.29) is 17.7 Å². The predicted molar refractivity (Wildman–Crippen MR) is 114 cm³/mol.